The van der Waals surface area contributed by atoms with E-state index in [1.165, 1.54) is 0 Å². The Bertz CT molecular complexity index is 337. The summed E-state index contributed by atoms with van der Waals surface area (Å²) in [6.07, 6.45) is 0. The first-order valence-corrected chi connectivity index (χ1v) is 6.29. The molecule has 16 heavy (non-hydrogen) atoms. The van der Waals surface area contributed by atoms with Crippen LogP contribution in [-0.4, -0.2) is 52.6 Å². The maximum absolute atomic E-state index is 8.74. The fourth-order valence-electron chi connectivity index (χ4n) is 0. The van der Waals surface area contributed by atoms with Crippen LogP contribution in [0.15, 0.2) is 0 Å². The van der Waals surface area contributed by atoms with Crippen LogP contribution in [0.3, 0.4) is 0 Å². The quantitative estimate of drug-likeness (QED) is 0.244. The van der Waals surface area contributed by atoms with Gasteiger partial charge in [0, 0.05) is 0 Å². The monoisotopic (exact) mass is 311 g/mol. The molecule has 0 amide bonds. The van der Waals surface area contributed by atoms with E-state index in [1.807, 2.05) is 0 Å². The van der Waals surface area contributed by atoms with Gasteiger partial charge in [0.1, 0.15) is 0 Å². The van der Waals surface area contributed by atoms with Crippen molar-refractivity contribution in [2.45, 2.75) is 0 Å². The van der Waals surface area contributed by atoms with Crippen LogP contribution < -0.4 is 6.15 Å². The molecule has 0 aliphatic rings. The number of rotatable bonds is 0. The Morgan fingerprint density at radius 3 is 0.438 bits per heavy atom. The molecular weight excluding hydrogens is 302 g/mol. The molecule has 16 heteroatoms. The first-order valence-electron chi connectivity index (χ1n) is 2.10. The number of hydrogen-bond acceptors (Lipinski definition) is 7. The molecule has 0 aromatic rings. The minimum atomic E-state index is -4.67. The van der Waals surface area contributed by atoms with Crippen LogP contribution in [-0.2, 0) is 31.2 Å². The van der Waals surface area contributed by atoms with E-state index < -0.39 is 31.2 Å². The summed E-state index contributed by atoms with van der Waals surface area (Å²) in [6.45, 7) is 0. The smallest absolute Gasteiger partial charge is 0.344 e. The lowest BCUT2D eigenvalue weighted by molar-refractivity contribution is 0.378. The predicted molar refractivity (Wildman–Crippen MR) is 47.6 cm³/mol. The van der Waals surface area contributed by atoms with Crippen molar-refractivity contribution in [1.29, 1.82) is 0 Å². The molecule has 0 saturated heterocycles. The summed E-state index contributed by atoms with van der Waals surface area (Å²) < 4.78 is 94.8. The van der Waals surface area contributed by atoms with Gasteiger partial charge < -0.3 is 6.15 Å². The second-order valence-electron chi connectivity index (χ2n) is 1.34. The first kappa shape index (κ1) is 24.7. The zero-order valence-electron chi connectivity index (χ0n) is 7.06. The molecule has 13 nitrogen and oxygen atoms in total. The normalized spacial score (nSPS) is 10.9. The van der Waals surface area contributed by atoms with Crippen LogP contribution >= 0.6 is 0 Å². The van der Waals surface area contributed by atoms with Crippen molar-refractivity contribution in [3.8, 4) is 0 Å². The van der Waals surface area contributed by atoms with Gasteiger partial charge in [-0.1, -0.05) is 0 Å². The zero-order chi connectivity index (χ0) is 13.5. The highest BCUT2D eigenvalue weighted by molar-refractivity contribution is 7.80. The summed E-state index contributed by atoms with van der Waals surface area (Å²) in [7, 11) is -14.0. The van der Waals surface area contributed by atoms with Crippen LogP contribution in [0.25, 0.3) is 0 Å². The molecule has 0 unspecified atom stereocenters. The highest BCUT2D eigenvalue weighted by atomic mass is 32.3. The molecule has 0 atom stereocenters. The van der Waals surface area contributed by atoms with E-state index in [0.717, 1.165) is 0 Å². The molecule has 0 aliphatic carbocycles. The molecule has 0 aliphatic heterocycles. The van der Waals surface area contributed by atoms with E-state index in [-0.39, 0.29) is 6.15 Å². The fourth-order valence-corrected chi connectivity index (χ4v) is 0. The largest absolute Gasteiger partial charge is 0.394 e. The zero-order valence-corrected chi connectivity index (χ0v) is 9.51. The average Bonchev–Trinajstić information content (AvgIpc) is 1.41. The van der Waals surface area contributed by atoms with Gasteiger partial charge in [-0.25, -0.2) is 0 Å². The van der Waals surface area contributed by atoms with E-state index in [0.29, 0.717) is 0 Å². The van der Waals surface area contributed by atoms with Crippen LogP contribution in [0.1, 0.15) is 0 Å². The lowest BCUT2D eigenvalue weighted by Crippen LogP contribution is -1.89. The van der Waals surface area contributed by atoms with Gasteiger partial charge in [-0.05, 0) is 0 Å². The van der Waals surface area contributed by atoms with Crippen molar-refractivity contribution in [1.82, 2.24) is 6.15 Å². The highest BCUT2D eigenvalue weighted by Gasteiger charge is 1.85. The summed E-state index contributed by atoms with van der Waals surface area (Å²) in [5.41, 5.74) is 0. The molecule has 9 N–H and O–H groups in total. The molecule has 0 saturated carbocycles. The van der Waals surface area contributed by atoms with Crippen molar-refractivity contribution in [2.24, 2.45) is 0 Å². The van der Waals surface area contributed by atoms with Gasteiger partial charge >= 0.3 is 31.2 Å². The average molecular weight is 311 g/mol. The standard InChI is InChI=1S/H3N.3H2O4S/c;3*1-5(2,3)4/h1H3;3*(H2,1,2,3,4). The van der Waals surface area contributed by atoms with E-state index >= 15 is 0 Å². The van der Waals surface area contributed by atoms with Gasteiger partial charge in [-0.2, -0.15) is 25.3 Å². The summed E-state index contributed by atoms with van der Waals surface area (Å²) in [4.78, 5) is 0. The SMILES string of the molecule is N.O=S(=O)(O)O.O=S(=O)(O)O.O=S(=O)(O)O. The van der Waals surface area contributed by atoms with Crippen molar-refractivity contribution in [2.75, 3.05) is 0 Å². The molecule has 0 spiro atoms. The van der Waals surface area contributed by atoms with Gasteiger partial charge in [0.25, 0.3) is 0 Å². The van der Waals surface area contributed by atoms with Gasteiger partial charge in [0.15, 0.2) is 0 Å². The molecule has 0 aromatic carbocycles. The van der Waals surface area contributed by atoms with Crippen molar-refractivity contribution in [3.63, 3.8) is 0 Å². The van der Waals surface area contributed by atoms with Crippen LogP contribution in [0, 0.1) is 0 Å². The molecule has 104 valence electrons. The maximum Gasteiger partial charge on any atom is 0.394 e. The van der Waals surface area contributed by atoms with Crippen LogP contribution in [0.2, 0.25) is 0 Å². The minimum Gasteiger partial charge on any atom is -0.344 e. The summed E-state index contributed by atoms with van der Waals surface area (Å²) in [5.74, 6) is 0. The van der Waals surface area contributed by atoms with E-state index in [1.54, 1.807) is 0 Å². The Balaban J connectivity index is -0.0000000655. The molecule has 0 aromatic heterocycles. The maximum atomic E-state index is 8.74. The van der Waals surface area contributed by atoms with Crippen molar-refractivity contribution >= 4 is 31.2 Å². The van der Waals surface area contributed by atoms with Crippen LogP contribution in [0.4, 0.5) is 0 Å². The van der Waals surface area contributed by atoms with E-state index in [4.69, 9.17) is 52.6 Å². The fraction of sp³-hybridized carbons (Fsp3) is 0. The lowest BCUT2D eigenvalue weighted by Gasteiger charge is -1.68. The number of hydrogen-bond donors (Lipinski definition) is 7. The third-order valence-corrected chi connectivity index (χ3v) is 0. The van der Waals surface area contributed by atoms with Crippen molar-refractivity contribution < 1.29 is 52.6 Å². The van der Waals surface area contributed by atoms with Crippen LogP contribution in [0.5, 0.6) is 0 Å². The third-order valence-electron chi connectivity index (χ3n) is 0. The molecular formula is H9NO12S3. The topological polar surface area (TPSA) is 259 Å². The first-order chi connectivity index (χ1) is 6.00. The van der Waals surface area contributed by atoms with Gasteiger partial charge in [0.05, 0.1) is 0 Å². The second kappa shape index (κ2) is 8.69. The lowest BCUT2D eigenvalue weighted by atomic mass is 14.0. The Labute approximate surface area is 90.4 Å². The predicted octanol–water partition coefficient (Wildman–Crippen LogP) is -1.80. The van der Waals surface area contributed by atoms with E-state index in [2.05, 4.69) is 0 Å². The molecule has 0 radical (unpaired) electrons. The Kier molecular flexibility index (Phi) is 13.4. The summed E-state index contributed by atoms with van der Waals surface area (Å²) in [6, 6.07) is 0. The summed E-state index contributed by atoms with van der Waals surface area (Å²) >= 11 is 0. The van der Waals surface area contributed by atoms with E-state index in [9.17, 15) is 0 Å². The summed E-state index contributed by atoms with van der Waals surface area (Å²) in [5, 5.41) is 0. The Hall–Kier alpha value is -0.430. The Morgan fingerprint density at radius 2 is 0.438 bits per heavy atom. The second-order valence-corrected chi connectivity index (χ2v) is 4.03. The molecule has 0 heterocycles. The Morgan fingerprint density at radius 1 is 0.438 bits per heavy atom. The van der Waals surface area contributed by atoms with Gasteiger partial charge in [0.2, 0.25) is 0 Å². The molecule has 0 rings (SSSR count). The van der Waals surface area contributed by atoms with Crippen molar-refractivity contribution in [3.05, 3.63) is 0 Å². The van der Waals surface area contributed by atoms with Gasteiger partial charge in [-0.15, -0.1) is 0 Å². The highest BCUT2D eigenvalue weighted by Crippen LogP contribution is 1.60. The third kappa shape index (κ3) is 11600. The van der Waals surface area contributed by atoms with Gasteiger partial charge in [-0.3, -0.25) is 27.3 Å². The minimum absolute atomic E-state index is 0. The molecule has 0 fully saturated rings. The molecule has 0 bridgehead atoms.